The molecule has 0 radical (unpaired) electrons. The topological polar surface area (TPSA) is 81.4 Å². The van der Waals surface area contributed by atoms with E-state index in [2.05, 4.69) is 5.32 Å². The summed E-state index contributed by atoms with van der Waals surface area (Å²) >= 11 is 0. The minimum Gasteiger partial charge on any atom is -0.443 e. The van der Waals surface area contributed by atoms with Gasteiger partial charge in [0.25, 0.3) is 5.91 Å². The minimum atomic E-state index is -1.36. The Kier molecular flexibility index (Phi) is 4.70. The second kappa shape index (κ2) is 7.16. The zero-order chi connectivity index (χ0) is 18.9. The third-order valence-corrected chi connectivity index (χ3v) is 5.73. The fourth-order valence-electron chi connectivity index (χ4n) is 4.33. The van der Waals surface area contributed by atoms with Crippen molar-refractivity contribution in [1.82, 2.24) is 5.32 Å². The number of carbonyl (C=O) groups excluding carboxylic acids is 2. The van der Waals surface area contributed by atoms with Gasteiger partial charge < -0.3 is 10.5 Å². The molecular formula is C22H24N2O3. The lowest BCUT2D eigenvalue weighted by Crippen LogP contribution is -2.50. The van der Waals surface area contributed by atoms with Crippen molar-refractivity contribution in [1.29, 1.82) is 0 Å². The Balaban J connectivity index is 1.54. The zero-order valence-corrected chi connectivity index (χ0v) is 15.2. The van der Waals surface area contributed by atoms with Gasteiger partial charge in [0.2, 0.25) is 5.60 Å². The van der Waals surface area contributed by atoms with Gasteiger partial charge in [-0.1, -0.05) is 54.6 Å². The van der Waals surface area contributed by atoms with E-state index in [1.54, 1.807) is 0 Å². The molecule has 3 N–H and O–H groups in total. The molecular weight excluding hydrogens is 340 g/mol. The number of carbonyl (C=O) groups is 2. The standard InChI is InChI=1S/C22H24N2O3/c23-21(26)22(14-6-10-15-7-4-5-11-17(15)22)27-20(25)19-13-12-18(24-19)16-8-2-1-3-9-16/h1-5,7-9,11,18-19,24H,6,10,12-14H2,(H2,23,26). The molecule has 1 heterocycles. The molecule has 1 aliphatic carbocycles. The van der Waals surface area contributed by atoms with E-state index in [-0.39, 0.29) is 6.04 Å². The summed E-state index contributed by atoms with van der Waals surface area (Å²) in [4.78, 5) is 25.3. The summed E-state index contributed by atoms with van der Waals surface area (Å²) in [5.41, 5.74) is 7.29. The van der Waals surface area contributed by atoms with Gasteiger partial charge in [-0.2, -0.15) is 0 Å². The highest BCUT2D eigenvalue weighted by Crippen LogP contribution is 2.39. The molecule has 0 aromatic heterocycles. The summed E-state index contributed by atoms with van der Waals surface area (Å²) in [6, 6.07) is 17.3. The van der Waals surface area contributed by atoms with Gasteiger partial charge in [-0.15, -0.1) is 0 Å². The van der Waals surface area contributed by atoms with E-state index in [4.69, 9.17) is 10.5 Å². The third-order valence-electron chi connectivity index (χ3n) is 5.73. The smallest absolute Gasteiger partial charge is 0.324 e. The van der Waals surface area contributed by atoms with Gasteiger partial charge in [0.15, 0.2) is 0 Å². The van der Waals surface area contributed by atoms with Crippen molar-refractivity contribution in [3.63, 3.8) is 0 Å². The maximum absolute atomic E-state index is 12.9. The van der Waals surface area contributed by atoms with Gasteiger partial charge >= 0.3 is 5.97 Å². The summed E-state index contributed by atoms with van der Waals surface area (Å²) in [7, 11) is 0. The Morgan fingerprint density at radius 2 is 1.78 bits per heavy atom. The average molecular weight is 364 g/mol. The molecule has 2 aliphatic rings. The van der Waals surface area contributed by atoms with E-state index < -0.39 is 23.5 Å². The van der Waals surface area contributed by atoms with Gasteiger partial charge in [0.05, 0.1) is 0 Å². The van der Waals surface area contributed by atoms with Crippen LogP contribution in [-0.2, 0) is 26.3 Å². The highest BCUT2D eigenvalue weighted by atomic mass is 16.6. The maximum Gasteiger partial charge on any atom is 0.324 e. The number of amides is 1. The molecule has 1 fully saturated rings. The van der Waals surface area contributed by atoms with Crippen LogP contribution >= 0.6 is 0 Å². The first-order valence-electron chi connectivity index (χ1n) is 9.52. The van der Waals surface area contributed by atoms with Crippen molar-refractivity contribution < 1.29 is 14.3 Å². The largest absolute Gasteiger partial charge is 0.443 e. The Bertz CT molecular complexity index is 852. The number of fused-ring (bicyclic) bond motifs is 1. The maximum atomic E-state index is 12.9. The number of benzene rings is 2. The van der Waals surface area contributed by atoms with Crippen molar-refractivity contribution in [3.8, 4) is 0 Å². The van der Waals surface area contributed by atoms with Crippen molar-refractivity contribution in [2.24, 2.45) is 5.73 Å². The van der Waals surface area contributed by atoms with Crippen molar-refractivity contribution in [2.75, 3.05) is 0 Å². The van der Waals surface area contributed by atoms with Crippen LogP contribution in [-0.4, -0.2) is 17.9 Å². The zero-order valence-electron chi connectivity index (χ0n) is 15.2. The fourth-order valence-corrected chi connectivity index (χ4v) is 4.33. The molecule has 4 rings (SSSR count). The van der Waals surface area contributed by atoms with Gasteiger partial charge in [-0.05, 0) is 36.8 Å². The number of esters is 1. The molecule has 3 unspecified atom stereocenters. The van der Waals surface area contributed by atoms with Crippen molar-refractivity contribution in [2.45, 2.75) is 49.8 Å². The van der Waals surface area contributed by atoms with Crippen LogP contribution in [0.5, 0.6) is 0 Å². The number of hydrogen-bond donors (Lipinski definition) is 2. The van der Waals surface area contributed by atoms with Gasteiger partial charge in [0.1, 0.15) is 6.04 Å². The van der Waals surface area contributed by atoms with Crippen LogP contribution in [0.3, 0.4) is 0 Å². The third kappa shape index (κ3) is 3.23. The van der Waals surface area contributed by atoms with Crippen LogP contribution in [0.1, 0.15) is 48.4 Å². The van der Waals surface area contributed by atoms with Crippen LogP contribution in [0.4, 0.5) is 0 Å². The number of nitrogens with two attached hydrogens (primary N) is 1. The molecule has 5 nitrogen and oxygen atoms in total. The highest BCUT2D eigenvalue weighted by molar-refractivity contribution is 5.89. The molecule has 2 aromatic rings. The van der Waals surface area contributed by atoms with E-state index in [9.17, 15) is 9.59 Å². The summed E-state index contributed by atoms with van der Waals surface area (Å²) in [5.74, 6) is -0.996. The lowest BCUT2D eigenvalue weighted by atomic mass is 9.78. The van der Waals surface area contributed by atoms with Crippen LogP contribution in [0.2, 0.25) is 0 Å². The molecule has 27 heavy (non-hydrogen) atoms. The summed E-state index contributed by atoms with van der Waals surface area (Å²) in [6.07, 6.45) is 3.58. The number of nitrogens with one attached hydrogen (secondary N) is 1. The van der Waals surface area contributed by atoms with Crippen LogP contribution in [0, 0.1) is 0 Å². The molecule has 140 valence electrons. The minimum absolute atomic E-state index is 0.118. The van der Waals surface area contributed by atoms with E-state index >= 15 is 0 Å². The Morgan fingerprint density at radius 3 is 2.56 bits per heavy atom. The van der Waals surface area contributed by atoms with Crippen LogP contribution < -0.4 is 11.1 Å². The molecule has 2 aromatic carbocycles. The lowest BCUT2D eigenvalue weighted by molar-refractivity contribution is -0.172. The summed E-state index contributed by atoms with van der Waals surface area (Å²) in [6.45, 7) is 0. The average Bonchev–Trinajstić information content (AvgIpc) is 3.19. The predicted octanol–water partition coefficient (Wildman–Crippen LogP) is 2.74. The Hall–Kier alpha value is -2.66. The normalized spacial score (nSPS) is 27.0. The second-order valence-corrected chi connectivity index (χ2v) is 7.38. The first-order valence-corrected chi connectivity index (χ1v) is 9.52. The molecule has 0 saturated carbocycles. The SMILES string of the molecule is NC(=O)C1(OC(=O)C2CCC(c3ccccc3)N2)CCCc2ccccc21. The van der Waals surface area contributed by atoms with Gasteiger partial charge in [0, 0.05) is 18.0 Å². The molecule has 3 atom stereocenters. The van der Waals surface area contributed by atoms with Crippen molar-refractivity contribution in [3.05, 3.63) is 71.3 Å². The molecule has 0 spiro atoms. The fraction of sp³-hybridized carbons (Fsp3) is 0.364. The lowest BCUT2D eigenvalue weighted by Gasteiger charge is -2.36. The molecule has 5 heteroatoms. The predicted molar refractivity (Wildman–Crippen MR) is 102 cm³/mol. The van der Waals surface area contributed by atoms with E-state index in [1.807, 2.05) is 54.6 Å². The molecule has 0 bridgehead atoms. The van der Waals surface area contributed by atoms with E-state index in [0.717, 1.165) is 36.0 Å². The number of rotatable bonds is 4. The monoisotopic (exact) mass is 364 g/mol. The molecule has 1 saturated heterocycles. The quantitative estimate of drug-likeness (QED) is 0.818. The van der Waals surface area contributed by atoms with Crippen LogP contribution in [0.25, 0.3) is 0 Å². The Morgan fingerprint density at radius 1 is 1.04 bits per heavy atom. The van der Waals surface area contributed by atoms with E-state index in [1.165, 1.54) is 0 Å². The summed E-state index contributed by atoms with van der Waals surface area (Å²) in [5, 5.41) is 3.35. The Labute approximate surface area is 158 Å². The van der Waals surface area contributed by atoms with Crippen molar-refractivity contribution >= 4 is 11.9 Å². The van der Waals surface area contributed by atoms with Gasteiger partial charge in [-0.3, -0.25) is 14.9 Å². The highest BCUT2D eigenvalue weighted by Gasteiger charge is 2.47. The summed E-state index contributed by atoms with van der Waals surface area (Å²) < 4.78 is 5.86. The first kappa shape index (κ1) is 17.7. The second-order valence-electron chi connectivity index (χ2n) is 7.38. The number of primary amides is 1. The number of ether oxygens (including phenoxy) is 1. The molecule has 1 aliphatic heterocycles. The first-order chi connectivity index (χ1) is 13.1. The molecule has 1 amide bonds. The van der Waals surface area contributed by atoms with E-state index in [0.29, 0.717) is 12.8 Å². The number of hydrogen-bond acceptors (Lipinski definition) is 4. The van der Waals surface area contributed by atoms with Gasteiger partial charge in [-0.25, -0.2) is 0 Å². The van der Waals surface area contributed by atoms with Crippen LogP contribution in [0.15, 0.2) is 54.6 Å². The number of aryl methyl sites for hydroxylation is 1.